The number of rotatable bonds is 7. The second-order valence-corrected chi connectivity index (χ2v) is 9.46. The molecule has 4 amide bonds. The molecule has 10 nitrogen and oxygen atoms in total. The Balaban J connectivity index is 0.000000658. The molecule has 3 heterocycles. The topological polar surface area (TPSA) is 94.7 Å². The summed E-state index contributed by atoms with van der Waals surface area (Å²) < 4.78 is 10.8. The molecule has 3 aliphatic rings. The van der Waals surface area contributed by atoms with Crippen LogP contribution < -0.4 is 10.1 Å². The zero-order chi connectivity index (χ0) is 26.1. The van der Waals surface area contributed by atoms with Crippen molar-refractivity contribution in [2.75, 3.05) is 46.9 Å². The van der Waals surface area contributed by atoms with Gasteiger partial charge in [0.15, 0.2) is 0 Å². The van der Waals surface area contributed by atoms with Crippen molar-refractivity contribution in [2.45, 2.75) is 64.8 Å². The summed E-state index contributed by atoms with van der Waals surface area (Å²) in [5, 5.41) is 6.08. The van der Waals surface area contributed by atoms with Gasteiger partial charge in [-0.05, 0) is 30.5 Å². The van der Waals surface area contributed by atoms with E-state index in [0.29, 0.717) is 19.7 Å². The number of likely N-dealkylation sites (N-methyl/N-ethyl adjacent to an activating group) is 1. The third-order valence-electron chi connectivity index (χ3n) is 6.70. The number of nitrogens with zero attached hydrogens (tertiary/aromatic N) is 4. The molecular weight excluding hydrogens is 462 g/mol. The maximum absolute atomic E-state index is 13.1. The molecule has 36 heavy (non-hydrogen) atoms. The van der Waals surface area contributed by atoms with Crippen molar-refractivity contribution in [2.24, 2.45) is 0 Å². The van der Waals surface area contributed by atoms with E-state index in [9.17, 15) is 14.4 Å². The highest BCUT2D eigenvalue weighted by atomic mass is 16.5. The lowest BCUT2D eigenvalue weighted by atomic mass is 10.1. The first kappa shape index (κ1) is 27.7. The molecule has 4 rings (SSSR count). The number of nitrogens with one attached hydrogen (secondary N) is 1. The molecule has 200 valence electrons. The number of hydrogen-bond donors (Lipinski definition) is 1. The van der Waals surface area contributed by atoms with E-state index in [0.717, 1.165) is 24.2 Å². The first-order valence-corrected chi connectivity index (χ1v) is 13.0. The van der Waals surface area contributed by atoms with Crippen LogP contribution in [-0.4, -0.2) is 96.9 Å². The molecule has 0 saturated carbocycles. The monoisotopic (exact) mass is 503 g/mol. The molecule has 1 aromatic carbocycles. The van der Waals surface area contributed by atoms with Crippen molar-refractivity contribution in [3.63, 3.8) is 0 Å². The highest BCUT2D eigenvalue weighted by Crippen LogP contribution is 2.23. The maximum Gasteiger partial charge on any atom is 0.334 e. The summed E-state index contributed by atoms with van der Waals surface area (Å²) >= 11 is 0. The van der Waals surface area contributed by atoms with Gasteiger partial charge in [0.2, 0.25) is 11.8 Å². The predicted octanol–water partition coefficient (Wildman–Crippen LogP) is 2.44. The summed E-state index contributed by atoms with van der Waals surface area (Å²) in [7, 11) is 3.32. The number of methoxy groups -OCH3 is 1. The smallest absolute Gasteiger partial charge is 0.334 e. The van der Waals surface area contributed by atoms with Gasteiger partial charge in [0.1, 0.15) is 18.5 Å². The molecule has 0 bridgehead atoms. The lowest BCUT2D eigenvalue weighted by Crippen LogP contribution is -2.73. The number of unbranched alkanes of at least 4 members (excludes halogenated alkanes) is 2. The Morgan fingerprint density at radius 1 is 1.11 bits per heavy atom. The molecule has 0 spiro atoms. The number of amides is 4. The molecule has 2 atom stereocenters. The molecule has 0 aromatic heterocycles. The Hall–Kier alpha value is -2.85. The second kappa shape index (κ2) is 13.5. The maximum atomic E-state index is 13.1. The van der Waals surface area contributed by atoms with Crippen LogP contribution in [0.4, 0.5) is 4.79 Å². The van der Waals surface area contributed by atoms with Crippen molar-refractivity contribution in [1.82, 2.24) is 25.1 Å². The minimum atomic E-state index is -0.541. The largest absolute Gasteiger partial charge is 0.497 e. The van der Waals surface area contributed by atoms with Crippen molar-refractivity contribution >= 4 is 17.8 Å². The number of carbonyl (C=O) groups is 3. The number of hydrazine groups is 1. The fourth-order valence-electron chi connectivity index (χ4n) is 4.66. The van der Waals surface area contributed by atoms with Gasteiger partial charge < -0.3 is 24.6 Å². The van der Waals surface area contributed by atoms with Gasteiger partial charge in [0, 0.05) is 26.7 Å². The van der Waals surface area contributed by atoms with Gasteiger partial charge in [-0.2, -0.15) is 0 Å². The van der Waals surface area contributed by atoms with E-state index in [1.807, 2.05) is 24.3 Å². The third-order valence-corrected chi connectivity index (χ3v) is 6.70. The van der Waals surface area contributed by atoms with E-state index >= 15 is 0 Å². The predicted molar refractivity (Wildman–Crippen MR) is 136 cm³/mol. The van der Waals surface area contributed by atoms with Gasteiger partial charge in [-0.3, -0.25) is 9.59 Å². The normalized spacial score (nSPS) is 22.2. The van der Waals surface area contributed by atoms with Gasteiger partial charge in [-0.15, -0.1) is 0 Å². The Bertz CT molecular complexity index is 872. The van der Waals surface area contributed by atoms with Crippen LogP contribution in [0.3, 0.4) is 0 Å². The van der Waals surface area contributed by atoms with Crippen LogP contribution in [0.2, 0.25) is 0 Å². The minimum absolute atomic E-state index is 0.0184. The van der Waals surface area contributed by atoms with Gasteiger partial charge >= 0.3 is 6.03 Å². The van der Waals surface area contributed by atoms with Gasteiger partial charge in [0.25, 0.3) is 0 Å². The number of hydrogen-bond acceptors (Lipinski definition) is 6. The summed E-state index contributed by atoms with van der Waals surface area (Å²) in [4.78, 5) is 41.5. The fraction of sp³-hybridized carbons (Fsp3) is 0.654. The van der Waals surface area contributed by atoms with Crippen LogP contribution in [0.15, 0.2) is 24.3 Å². The van der Waals surface area contributed by atoms with Crippen molar-refractivity contribution in [3.8, 4) is 5.75 Å². The highest BCUT2D eigenvalue weighted by molar-refractivity contribution is 5.89. The van der Waals surface area contributed by atoms with Crippen LogP contribution in [-0.2, 0) is 20.9 Å². The van der Waals surface area contributed by atoms with Gasteiger partial charge in [-0.25, -0.2) is 14.8 Å². The zero-order valence-corrected chi connectivity index (χ0v) is 22.1. The van der Waals surface area contributed by atoms with Crippen LogP contribution in [0, 0.1) is 0 Å². The van der Waals surface area contributed by atoms with Crippen LogP contribution in [0.5, 0.6) is 5.75 Å². The van der Waals surface area contributed by atoms with Crippen molar-refractivity contribution in [3.05, 3.63) is 29.8 Å². The van der Waals surface area contributed by atoms with Crippen LogP contribution in [0.1, 0.15) is 51.5 Å². The van der Waals surface area contributed by atoms with Crippen molar-refractivity contribution in [1.29, 1.82) is 0 Å². The Morgan fingerprint density at radius 3 is 2.42 bits per heavy atom. The number of carbonyl (C=O) groups excluding carboxylic acids is 3. The molecule has 0 radical (unpaired) electrons. The quantitative estimate of drug-likeness (QED) is 0.614. The molecule has 1 N–H and O–H groups in total. The van der Waals surface area contributed by atoms with E-state index < -0.39 is 6.17 Å². The standard InChI is InChI=1S/C21H29N5O5.C5H12/c1-23-13-20(28)25-14-19(27)24(11-17-4-3-9-31-17)12-18(25)26(23)21(29)22-10-15-5-7-16(30-2)8-6-15;1-3-5-4-2/h5-8,17-18H,3-4,9-14H2,1-2H3,(H,22,29);3-5H2,1-2H3. The Labute approximate surface area is 214 Å². The Kier molecular flexibility index (Phi) is 10.4. The third kappa shape index (κ3) is 7.10. The van der Waals surface area contributed by atoms with Gasteiger partial charge in [0.05, 0.1) is 26.3 Å². The average Bonchev–Trinajstić information content (AvgIpc) is 3.38. The zero-order valence-electron chi connectivity index (χ0n) is 22.1. The Morgan fingerprint density at radius 2 is 1.83 bits per heavy atom. The van der Waals surface area contributed by atoms with E-state index in [1.54, 1.807) is 29.1 Å². The molecule has 2 unspecified atom stereocenters. The summed E-state index contributed by atoms with van der Waals surface area (Å²) in [5.74, 6) is 0.485. The van der Waals surface area contributed by atoms with Crippen LogP contribution >= 0.6 is 0 Å². The summed E-state index contributed by atoms with van der Waals surface area (Å²) in [6.45, 7) is 6.26. The molecule has 3 fully saturated rings. The molecule has 1 aromatic rings. The molecule has 3 aliphatic heterocycles. The van der Waals surface area contributed by atoms with Crippen LogP contribution in [0.25, 0.3) is 0 Å². The number of fused-ring (bicyclic) bond motifs is 1. The number of ether oxygens (including phenoxy) is 2. The average molecular weight is 504 g/mol. The first-order valence-electron chi connectivity index (χ1n) is 13.0. The van der Waals surface area contributed by atoms with E-state index in [1.165, 1.54) is 24.2 Å². The molecular formula is C26H41N5O5. The number of benzene rings is 1. The lowest BCUT2D eigenvalue weighted by molar-refractivity contribution is -0.179. The molecule has 0 aliphatic carbocycles. The summed E-state index contributed by atoms with van der Waals surface area (Å²) in [5.41, 5.74) is 0.931. The second-order valence-electron chi connectivity index (χ2n) is 9.46. The summed E-state index contributed by atoms with van der Waals surface area (Å²) in [6.07, 6.45) is 5.46. The summed E-state index contributed by atoms with van der Waals surface area (Å²) in [6, 6.07) is 7.14. The first-order chi connectivity index (χ1) is 17.4. The van der Waals surface area contributed by atoms with E-state index in [4.69, 9.17) is 9.47 Å². The lowest BCUT2D eigenvalue weighted by Gasteiger charge is -2.51. The molecule has 3 saturated heterocycles. The SMILES string of the molecule is CCCCC.COc1ccc(CNC(=O)N2C3CN(CC4CCCO4)C(=O)CN3C(=O)CN2C)cc1. The number of piperazine rings is 1. The number of urea groups is 1. The van der Waals surface area contributed by atoms with E-state index in [-0.39, 0.29) is 43.6 Å². The highest BCUT2D eigenvalue weighted by Gasteiger charge is 2.46. The van der Waals surface area contributed by atoms with Crippen molar-refractivity contribution < 1.29 is 23.9 Å². The minimum Gasteiger partial charge on any atom is -0.497 e. The molecule has 10 heteroatoms. The fourth-order valence-corrected chi connectivity index (χ4v) is 4.66. The van der Waals surface area contributed by atoms with Gasteiger partial charge in [-0.1, -0.05) is 45.2 Å². The van der Waals surface area contributed by atoms with E-state index in [2.05, 4.69) is 19.2 Å².